The lowest BCUT2D eigenvalue weighted by molar-refractivity contribution is -0.154. The fraction of sp³-hybridized carbons (Fsp3) is 0.867. The highest BCUT2D eigenvalue weighted by Crippen LogP contribution is 2.43. The van der Waals surface area contributed by atoms with Gasteiger partial charge in [-0.2, -0.15) is 0 Å². The first kappa shape index (κ1) is 39.7. The number of hydrogen-bond acceptors (Lipinski definition) is 8. The van der Waals surface area contributed by atoms with Gasteiger partial charge in [0, 0.05) is 13.0 Å². The maximum Gasteiger partial charge on any atom is 0.472 e. The molecular weight excluding hydrogens is 549 g/mol. The van der Waals surface area contributed by atoms with Gasteiger partial charge in [0.1, 0.15) is 12.1 Å². The second-order valence-electron chi connectivity index (χ2n) is 10.6. The van der Waals surface area contributed by atoms with Crippen molar-refractivity contribution in [2.75, 3.05) is 26.4 Å². The minimum absolute atomic E-state index is 0.0165. The summed E-state index contributed by atoms with van der Waals surface area (Å²) in [6, 6.07) is -1.47. The molecule has 0 fully saturated rings. The molecule has 0 aliphatic rings. The highest BCUT2D eigenvalue weighted by atomic mass is 31.2. The normalized spacial score (nSPS) is 14.6. The van der Waals surface area contributed by atoms with Gasteiger partial charge in [0.15, 0.2) is 0 Å². The molecule has 3 unspecified atom stereocenters. The van der Waals surface area contributed by atoms with Gasteiger partial charge in [-0.1, -0.05) is 103 Å². The van der Waals surface area contributed by atoms with Crippen molar-refractivity contribution in [1.29, 1.82) is 0 Å². The van der Waals surface area contributed by atoms with Crippen molar-refractivity contribution in [3.8, 4) is 0 Å². The zero-order valence-electron chi connectivity index (χ0n) is 25.6. The number of carboxylic acid groups (broad SMARTS) is 1. The fourth-order valence-electron chi connectivity index (χ4n) is 3.99. The van der Waals surface area contributed by atoms with Crippen LogP contribution in [-0.4, -0.2) is 60.5 Å². The van der Waals surface area contributed by atoms with E-state index in [4.69, 9.17) is 24.8 Å². The summed E-state index contributed by atoms with van der Waals surface area (Å²) in [5.41, 5.74) is 5.30. The molecule has 242 valence electrons. The second kappa shape index (κ2) is 27.5. The van der Waals surface area contributed by atoms with Crippen LogP contribution in [0.1, 0.15) is 129 Å². The summed E-state index contributed by atoms with van der Waals surface area (Å²) < 4.78 is 32.9. The highest BCUT2D eigenvalue weighted by molar-refractivity contribution is 7.47. The summed E-state index contributed by atoms with van der Waals surface area (Å²) in [4.78, 5) is 33.1. The van der Waals surface area contributed by atoms with E-state index in [0.29, 0.717) is 13.0 Å². The van der Waals surface area contributed by atoms with Crippen LogP contribution in [0.4, 0.5) is 0 Å². The molecule has 0 heterocycles. The molecule has 0 aliphatic heterocycles. The molecule has 0 bridgehead atoms. The Morgan fingerprint density at radius 1 is 0.756 bits per heavy atom. The monoisotopic (exact) mass is 607 g/mol. The Kier molecular flexibility index (Phi) is 26.7. The van der Waals surface area contributed by atoms with E-state index in [9.17, 15) is 19.0 Å². The van der Waals surface area contributed by atoms with Crippen molar-refractivity contribution in [2.45, 2.75) is 142 Å². The number of allylic oxidation sites excluding steroid dienone is 2. The van der Waals surface area contributed by atoms with Crippen molar-refractivity contribution >= 4 is 19.8 Å². The molecule has 3 atom stereocenters. The summed E-state index contributed by atoms with van der Waals surface area (Å²) in [6.45, 7) is 3.77. The van der Waals surface area contributed by atoms with E-state index in [-0.39, 0.29) is 13.0 Å². The van der Waals surface area contributed by atoms with Crippen LogP contribution in [0.5, 0.6) is 0 Å². The molecule has 4 N–H and O–H groups in total. The van der Waals surface area contributed by atoms with Crippen LogP contribution in [0, 0.1) is 0 Å². The number of aliphatic carboxylic acids is 1. The van der Waals surface area contributed by atoms with Crippen molar-refractivity contribution in [3.63, 3.8) is 0 Å². The summed E-state index contributed by atoms with van der Waals surface area (Å²) >= 11 is 0. The van der Waals surface area contributed by atoms with Crippen molar-refractivity contribution in [2.24, 2.45) is 5.73 Å². The molecule has 41 heavy (non-hydrogen) atoms. The molecule has 10 nitrogen and oxygen atoms in total. The lowest BCUT2D eigenvalue weighted by Crippen LogP contribution is -2.34. The maximum atomic E-state index is 12.4. The largest absolute Gasteiger partial charge is 0.480 e. The lowest BCUT2D eigenvalue weighted by atomic mass is 10.1. The van der Waals surface area contributed by atoms with Gasteiger partial charge >= 0.3 is 19.8 Å². The first-order valence-corrected chi connectivity index (χ1v) is 17.2. The number of unbranched alkanes of at least 4 members (excludes halogenated alkanes) is 14. The Morgan fingerprint density at radius 2 is 1.29 bits per heavy atom. The average Bonchev–Trinajstić information content (AvgIpc) is 2.94. The number of rotatable bonds is 30. The first-order chi connectivity index (χ1) is 19.7. The van der Waals surface area contributed by atoms with Gasteiger partial charge in [-0.15, -0.1) is 0 Å². The molecule has 0 amide bonds. The number of hydrogen-bond donors (Lipinski definition) is 3. The molecule has 0 aliphatic carbocycles. The molecule has 0 aromatic rings. The van der Waals surface area contributed by atoms with Crippen molar-refractivity contribution in [3.05, 3.63) is 12.2 Å². The fourth-order valence-corrected chi connectivity index (χ4v) is 4.77. The van der Waals surface area contributed by atoms with Crippen LogP contribution in [-0.2, 0) is 32.7 Å². The second-order valence-corrected chi connectivity index (χ2v) is 12.0. The molecule has 0 saturated heterocycles. The van der Waals surface area contributed by atoms with Crippen LogP contribution < -0.4 is 5.73 Å². The summed E-state index contributed by atoms with van der Waals surface area (Å²) in [6.07, 6.45) is 22.8. The third-order valence-corrected chi connectivity index (χ3v) is 7.50. The van der Waals surface area contributed by atoms with E-state index in [1.165, 1.54) is 44.9 Å². The Morgan fingerprint density at radius 3 is 1.93 bits per heavy atom. The molecule has 0 aromatic heterocycles. The minimum Gasteiger partial charge on any atom is -0.480 e. The highest BCUT2D eigenvalue weighted by Gasteiger charge is 2.27. The van der Waals surface area contributed by atoms with E-state index >= 15 is 0 Å². The summed E-state index contributed by atoms with van der Waals surface area (Å²) in [5.74, 6) is -1.79. The average molecular weight is 608 g/mol. The molecule has 0 radical (unpaired) electrons. The van der Waals surface area contributed by atoms with E-state index in [0.717, 1.165) is 57.8 Å². The van der Waals surface area contributed by atoms with Gasteiger partial charge in [-0.05, 0) is 32.1 Å². The Hall–Kier alpha value is -1.29. The maximum absolute atomic E-state index is 12.4. The standard InChI is InChI=1S/C30H58NO9P/c1-3-5-7-9-11-13-14-15-16-18-20-22-29(32)40-27(24-37-23-21-19-17-12-10-8-6-4-2)25-38-41(35,36)39-26-28(31)30(33)34/h9,11,27-28H,3-8,10,12-26,31H2,1-2H3,(H,33,34)(H,35,36)/b11-9-. The van der Waals surface area contributed by atoms with Gasteiger partial charge in [-0.3, -0.25) is 18.6 Å². The van der Waals surface area contributed by atoms with Gasteiger partial charge < -0.3 is 25.2 Å². The number of ether oxygens (including phenoxy) is 2. The van der Waals surface area contributed by atoms with Gasteiger partial charge in [0.2, 0.25) is 0 Å². The van der Waals surface area contributed by atoms with Gasteiger partial charge in [0.25, 0.3) is 0 Å². The summed E-state index contributed by atoms with van der Waals surface area (Å²) in [5, 5.41) is 8.80. The molecular formula is C30H58NO9P. The predicted octanol–water partition coefficient (Wildman–Crippen LogP) is 7.08. The number of nitrogens with two attached hydrogens (primary N) is 1. The van der Waals surface area contributed by atoms with E-state index in [2.05, 4.69) is 30.5 Å². The number of esters is 1. The third-order valence-electron chi connectivity index (χ3n) is 6.54. The molecule has 0 rings (SSSR count). The van der Waals surface area contributed by atoms with Crippen molar-refractivity contribution in [1.82, 2.24) is 0 Å². The third kappa shape index (κ3) is 27.3. The van der Waals surface area contributed by atoms with Gasteiger partial charge in [-0.25, -0.2) is 4.57 Å². The Labute approximate surface area is 248 Å². The quantitative estimate of drug-likeness (QED) is 0.0334. The Balaban J connectivity index is 4.41. The van der Waals surface area contributed by atoms with E-state index in [1.807, 2.05) is 0 Å². The van der Waals surface area contributed by atoms with Crippen LogP contribution in [0.3, 0.4) is 0 Å². The minimum atomic E-state index is -4.59. The zero-order valence-corrected chi connectivity index (χ0v) is 26.5. The molecule has 0 spiro atoms. The topological polar surface area (TPSA) is 155 Å². The van der Waals surface area contributed by atoms with Crippen LogP contribution in [0.2, 0.25) is 0 Å². The van der Waals surface area contributed by atoms with E-state index < -0.39 is 45.1 Å². The number of carbonyl (C=O) groups is 2. The summed E-state index contributed by atoms with van der Waals surface area (Å²) in [7, 11) is -4.59. The van der Waals surface area contributed by atoms with Crippen molar-refractivity contribution < 1.29 is 42.7 Å². The number of carbonyl (C=O) groups excluding carboxylic acids is 1. The van der Waals surface area contributed by atoms with Crippen LogP contribution >= 0.6 is 7.82 Å². The molecule has 11 heteroatoms. The predicted molar refractivity (Wildman–Crippen MR) is 162 cm³/mol. The van der Waals surface area contributed by atoms with Crippen LogP contribution in [0.25, 0.3) is 0 Å². The molecule has 0 aromatic carbocycles. The zero-order chi connectivity index (χ0) is 30.6. The number of phosphoric acid groups is 1. The van der Waals surface area contributed by atoms with Crippen LogP contribution in [0.15, 0.2) is 12.2 Å². The lowest BCUT2D eigenvalue weighted by Gasteiger charge is -2.20. The number of carboxylic acids is 1. The van der Waals surface area contributed by atoms with Gasteiger partial charge in [0.05, 0.1) is 19.8 Å². The smallest absolute Gasteiger partial charge is 0.472 e. The SMILES string of the molecule is CCCC/C=C\CCCCCCCC(=O)OC(COCCCCCCCCCC)COP(=O)(O)OCC(N)C(=O)O. The number of phosphoric ester groups is 1. The molecule has 0 saturated carbocycles. The van der Waals surface area contributed by atoms with E-state index in [1.54, 1.807) is 0 Å². The Bertz CT molecular complexity index is 720. The first-order valence-electron chi connectivity index (χ1n) is 15.7.